The third-order valence-electron chi connectivity index (χ3n) is 8.48. The molecule has 39 heavy (non-hydrogen) atoms. The zero-order chi connectivity index (χ0) is 28.2. The highest BCUT2D eigenvalue weighted by Crippen LogP contribution is 2.37. The van der Waals surface area contributed by atoms with Crippen molar-refractivity contribution >= 4 is 28.8 Å². The van der Waals surface area contributed by atoms with Gasteiger partial charge in [0, 0.05) is 29.1 Å². The topological polar surface area (TPSA) is 76.0 Å². The standard InChI is InChI=1S/C31H42FN5O2/c1-6-37(7-2,8-3)20-22-9-18-27-28(19-22)36(26-16-12-24(13-17-26)29(38)33-21(4)5)31(34-27)35-30(39)23-10-14-25(32)15-11-23/h9-11,14-15,18-19,21,24,26H,6-8,12-13,16-17,20H2,1-5H3,(H-,33,34,35,38,39)/p+1. The van der Waals surface area contributed by atoms with Gasteiger partial charge in [-0.1, -0.05) is 6.07 Å². The Morgan fingerprint density at radius 1 is 1.00 bits per heavy atom. The first-order valence-corrected chi connectivity index (χ1v) is 14.4. The van der Waals surface area contributed by atoms with Crippen LogP contribution in [0.2, 0.25) is 0 Å². The highest BCUT2D eigenvalue weighted by molar-refractivity contribution is 6.04. The lowest BCUT2D eigenvalue weighted by Gasteiger charge is -2.36. The van der Waals surface area contributed by atoms with Gasteiger partial charge in [-0.2, -0.15) is 0 Å². The Kier molecular flexibility index (Phi) is 9.05. The fourth-order valence-electron chi connectivity index (χ4n) is 5.86. The van der Waals surface area contributed by atoms with Crippen LogP contribution in [-0.4, -0.2) is 51.5 Å². The van der Waals surface area contributed by atoms with Crippen molar-refractivity contribution < 1.29 is 18.5 Å². The highest BCUT2D eigenvalue weighted by Gasteiger charge is 2.30. The number of anilines is 1. The molecule has 210 valence electrons. The van der Waals surface area contributed by atoms with Gasteiger partial charge in [-0.05, 0) is 96.7 Å². The van der Waals surface area contributed by atoms with Crippen molar-refractivity contribution in [2.45, 2.75) is 78.9 Å². The van der Waals surface area contributed by atoms with Crippen LogP contribution in [0.5, 0.6) is 0 Å². The van der Waals surface area contributed by atoms with Crippen molar-refractivity contribution in [3.8, 4) is 0 Å². The van der Waals surface area contributed by atoms with Crippen LogP contribution in [0.1, 0.15) is 82.3 Å². The van der Waals surface area contributed by atoms with Crippen LogP contribution < -0.4 is 10.6 Å². The SMILES string of the molecule is CC[N+](CC)(CC)Cc1ccc2nc(NC(=O)c3ccc(F)cc3)n(C3CCC(C(=O)NC(C)C)CC3)c2c1. The summed E-state index contributed by atoms with van der Waals surface area (Å²) in [4.78, 5) is 30.6. The fraction of sp³-hybridized carbons (Fsp3) is 0.516. The fourth-order valence-corrected chi connectivity index (χ4v) is 5.86. The molecule has 1 aliphatic rings. The number of rotatable bonds is 10. The molecular weight excluding hydrogens is 493 g/mol. The summed E-state index contributed by atoms with van der Waals surface area (Å²) in [6, 6.07) is 12.2. The van der Waals surface area contributed by atoms with Crippen molar-refractivity contribution in [1.29, 1.82) is 0 Å². The Labute approximate surface area is 231 Å². The molecular formula is C31H43FN5O2+. The number of hydrogen-bond donors (Lipinski definition) is 2. The van der Waals surface area contributed by atoms with Gasteiger partial charge in [-0.25, -0.2) is 9.37 Å². The number of nitrogens with zero attached hydrogens (tertiary/aromatic N) is 3. The van der Waals surface area contributed by atoms with Crippen LogP contribution in [0.25, 0.3) is 11.0 Å². The molecule has 0 aliphatic heterocycles. The Morgan fingerprint density at radius 3 is 2.23 bits per heavy atom. The third-order valence-corrected chi connectivity index (χ3v) is 8.48. The van der Waals surface area contributed by atoms with E-state index < -0.39 is 0 Å². The molecule has 1 aliphatic carbocycles. The summed E-state index contributed by atoms with van der Waals surface area (Å²) < 4.78 is 16.6. The van der Waals surface area contributed by atoms with Crippen LogP contribution in [0, 0.1) is 11.7 Å². The first-order chi connectivity index (χ1) is 18.7. The summed E-state index contributed by atoms with van der Waals surface area (Å²) in [5, 5.41) is 6.06. The molecule has 1 saturated carbocycles. The second-order valence-electron chi connectivity index (χ2n) is 11.2. The van der Waals surface area contributed by atoms with Gasteiger partial charge >= 0.3 is 0 Å². The average molecular weight is 537 g/mol. The molecule has 0 radical (unpaired) electrons. The zero-order valence-electron chi connectivity index (χ0n) is 24.0. The minimum atomic E-state index is -0.384. The number of nitrogens with one attached hydrogen (secondary N) is 2. The van der Waals surface area contributed by atoms with Gasteiger partial charge in [-0.3, -0.25) is 14.9 Å². The first-order valence-electron chi connectivity index (χ1n) is 14.4. The molecule has 1 aromatic heterocycles. The van der Waals surface area contributed by atoms with E-state index in [1.165, 1.54) is 29.8 Å². The number of carbonyl (C=O) groups is 2. The second-order valence-corrected chi connectivity index (χ2v) is 11.2. The van der Waals surface area contributed by atoms with Gasteiger partial charge in [0.15, 0.2) is 0 Å². The number of fused-ring (bicyclic) bond motifs is 1. The van der Waals surface area contributed by atoms with Crippen LogP contribution in [-0.2, 0) is 11.3 Å². The van der Waals surface area contributed by atoms with Crippen LogP contribution in [0.15, 0.2) is 42.5 Å². The summed E-state index contributed by atoms with van der Waals surface area (Å²) in [6.07, 6.45) is 3.22. The summed E-state index contributed by atoms with van der Waals surface area (Å²) in [5.41, 5.74) is 3.45. The summed E-state index contributed by atoms with van der Waals surface area (Å²) in [7, 11) is 0. The molecule has 0 unspecified atom stereocenters. The van der Waals surface area contributed by atoms with Gasteiger partial charge < -0.3 is 14.4 Å². The largest absolute Gasteiger partial charge is 0.354 e. The van der Waals surface area contributed by atoms with Gasteiger partial charge in [0.2, 0.25) is 11.9 Å². The Hall–Kier alpha value is -3.26. The number of benzene rings is 2. The van der Waals surface area contributed by atoms with Crippen molar-refractivity contribution in [2.75, 3.05) is 25.0 Å². The molecule has 0 spiro atoms. The van der Waals surface area contributed by atoms with E-state index in [0.717, 1.165) is 67.4 Å². The number of amides is 2. The van der Waals surface area contributed by atoms with E-state index in [-0.39, 0.29) is 35.6 Å². The molecule has 1 heterocycles. The van der Waals surface area contributed by atoms with E-state index in [9.17, 15) is 14.0 Å². The molecule has 0 atom stereocenters. The molecule has 1 fully saturated rings. The molecule has 2 amide bonds. The predicted octanol–water partition coefficient (Wildman–Crippen LogP) is 6.06. The van der Waals surface area contributed by atoms with Gasteiger partial charge in [-0.15, -0.1) is 0 Å². The van der Waals surface area contributed by atoms with E-state index >= 15 is 0 Å². The van der Waals surface area contributed by atoms with Crippen molar-refractivity contribution in [3.05, 3.63) is 59.4 Å². The molecule has 2 aromatic carbocycles. The van der Waals surface area contributed by atoms with E-state index in [1.807, 2.05) is 19.9 Å². The number of imidazole rings is 1. The van der Waals surface area contributed by atoms with Crippen LogP contribution >= 0.6 is 0 Å². The smallest absolute Gasteiger partial charge is 0.257 e. The van der Waals surface area contributed by atoms with Gasteiger partial charge in [0.1, 0.15) is 12.4 Å². The lowest BCUT2D eigenvalue weighted by atomic mass is 9.85. The molecule has 3 aromatic rings. The summed E-state index contributed by atoms with van der Waals surface area (Å²) >= 11 is 0. The number of hydrogen-bond acceptors (Lipinski definition) is 3. The van der Waals surface area contributed by atoms with E-state index in [1.54, 1.807) is 0 Å². The van der Waals surface area contributed by atoms with Gasteiger partial charge in [0.25, 0.3) is 5.91 Å². The minimum Gasteiger partial charge on any atom is -0.354 e. The Balaban J connectivity index is 1.68. The van der Waals surface area contributed by atoms with Crippen molar-refractivity contribution in [3.63, 3.8) is 0 Å². The van der Waals surface area contributed by atoms with Crippen molar-refractivity contribution in [2.24, 2.45) is 5.92 Å². The maximum absolute atomic E-state index is 13.4. The Morgan fingerprint density at radius 2 is 1.64 bits per heavy atom. The minimum absolute atomic E-state index is 0.00262. The number of halogens is 1. The maximum atomic E-state index is 13.4. The lowest BCUT2D eigenvalue weighted by Crippen LogP contribution is -2.46. The zero-order valence-corrected chi connectivity index (χ0v) is 24.0. The van der Waals surface area contributed by atoms with Gasteiger partial charge in [0.05, 0.1) is 30.7 Å². The quantitative estimate of drug-likeness (QED) is 0.309. The molecule has 0 bridgehead atoms. The van der Waals surface area contributed by atoms with Crippen molar-refractivity contribution in [1.82, 2.24) is 14.9 Å². The third kappa shape index (κ3) is 6.49. The Bertz CT molecular complexity index is 1280. The molecule has 8 heteroatoms. The number of quaternary nitrogens is 1. The second kappa shape index (κ2) is 12.3. The molecule has 7 nitrogen and oxygen atoms in total. The predicted molar refractivity (Wildman–Crippen MR) is 154 cm³/mol. The summed E-state index contributed by atoms with van der Waals surface area (Å²) in [6.45, 7) is 14.8. The van der Waals surface area contributed by atoms with Crippen LogP contribution in [0.4, 0.5) is 10.3 Å². The normalized spacial score (nSPS) is 17.9. The maximum Gasteiger partial charge on any atom is 0.257 e. The molecule has 2 N–H and O–H groups in total. The molecule has 0 saturated heterocycles. The number of carbonyl (C=O) groups excluding carboxylic acids is 2. The monoisotopic (exact) mass is 536 g/mol. The average Bonchev–Trinajstić information content (AvgIpc) is 3.28. The van der Waals surface area contributed by atoms with E-state index in [2.05, 4.69) is 48.1 Å². The number of aromatic nitrogens is 2. The van der Waals surface area contributed by atoms with Crippen LogP contribution in [0.3, 0.4) is 0 Å². The van der Waals surface area contributed by atoms with E-state index in [0.29, 0.717) is 11.5 Å². The highest BCUT2D eigenvalue weighted by atomic mass is 19.1. The first kappa shape index (κ1) is 28.7. The summed E-state index contributed by atoms with van der Waals surface area (Å²) in [5.74, 6) is -0.0869. The van der Waals surface area contributed by atoms with E-state index in [4.69, 9.17) is 4.98 Å². The molecule has 4 rings (SSSR count). The lowest BCUT2D eigenvalue weighted by molar-refractivity contribution is -0.936.